The van der Waals surface area contributed by atoms with Gasteiger partial charge in [-0.25, -0.2) is 9.97 Å². The molecule has 6 heteroatoms. The van der Waals surface area contributed by atoms with Crippen molar-refractivity contribution in [1.29, 1.82) is 0 Å². The number of aryl methyl sites for hydroxylation is 1. The molecule has 5 nitrogen and oxygen atoms in total. The molecule has 3 aromatic rings. The van der Waals surface area contributed by atoms with E-state index in [0.29, 0.717) is 17.2 Å². The lowest BCUT2D eigenvalue weighted by atomic mass is 10.2. The first-order valence-corrected chi connectivity index (χ1v) is 7.57. The summed E-state index contributed by atoms with van der Waals surface area (Å²) in [5.41, 5.74) is 0.622. The van der Waals surface area contributed by atoms with Crippen LogP contribution in [0.5, 0.6) is 11.6 Å². The van der Waals surface area contributed by atoms with Gasteiger partial charge < -0.3 is 9.64 Å². The van der Waals surface area contributed by atoms with Gasteiger partial charge in [0, 0.05) is 24.5 Å². The van der Waals surface area contributed by atoms with E-state index in [1.54, 1.807) is 49.7 Å². The van der Waals surface area contributed by atoms with E-state index in [9.17, 15) is 4.79 Å². The Labute approximate surface area is 132 Å². The predicted molar refractivity (Wildman–Crippen MR) is 86.7 cm³/mol. The van der Waals surface area contributed by atoms with E-state index in [0.717, 1.165) is 15.1 Å². The lowest BCUT2D eigenvalue weighted by molar-refractivity contribution is 0.0827. The van der Waals surface area contributed by atoms with Gasteiger partial charge >= 0.3 is 0 Å². The zero-order chi connectivity index (χ0) is 15.7. The molecule has 0 aliphatic carbocycles. The predicted octanol–water partition coefficient (Wildman–Crippen LogP) is 3.49. The first kappa shape index (κ1) is 14.5. The number of benzene rings is 1. The van der Waals surface area contributed by atoms with Crippen LogP contribution in [0.1, 0.15) is 15.2 Å². The van der Waals surface area contributed by atoms with Crippen LogP contribution in [-0.4, -0.2) is 34.9 Å². The molecule has 2 aromatic heterocycles. The number of hydrogen-bond acceptors (Lipinski definition) is 5. The zero-order valence-electron chi connectivity index (χ0n) is 12.5. The molecule has 0 atom stereocenters. The summed E-state index contributed by atoms with van der Waals surface area (Å²) >= 11 is 1.61. The molecule has 0 unspecified atom stereocenters. The van der Waals surface area contributed by atoms with Gasteiger partial charge in [-0.05, 0) is 37.3 Å². The van der Waals surface area contributed by atoms with Crippen LogP contribution < -0.4 is 4.74 Å². The number of aromatic nitrogens is 2. The summed E-state index contributed by atoms with van der Waals surface area (Å²) < 4.78 is 5.83. The zero-order valence-corrected chi connectivity index (χ0v) is 13.3. The van der Waals surface area contributed by atoms with Gasteiger partial charge in [0.2, 0.25) is 5.88 Å². The molecule has 0 aliphatic heterocycles. The quantitative estimate of drug-likeness (QED) is 0.742. The SMILES string of the molecule is Cc1cc2c(Oc3ccc(C(=O)N(C)C)cc3)ncnc2s1. The highest BCUT2D eigenvalue weighted by molar-refractivity contribution is 7.18. The molecule has 1 amide bonds. The van der Waals surface area contributed by atoms with Crippen molar-refractivity contribution in [1.82, 2.24) is 14.9 Å². The minimum Gasteiger partial charge on any atom is -0.438 e. The monoisotopic (exact) mass is 313 g/mol. The van der Waals surface area contributed by atoms with E-state index < -0.39 is 0 Å². The van der Waals surface area contributed by atoms with Crippen LogP contribution in [-0.2, 0) is 0 Å². The van der Waals surface area contributed by atoms with Crippen molar-refractivity contribution in [2.24, 2.45) is 0 Å². The highest BCUT2D eigenvalue weighted by Crippen LogP contribution is 2.31. The first-order valence-electron chi connectivity index (χ1n) is 6.75. The normalized spacial score (nSPS) is 10.7. The summed E-state index contributed by atoms with van der Waals surface area (Å²) in [4.78, 5) is 23.9. The highest BCUT2D eigenvalue weighted by atomic mass is 32.1. The maximum Gasteiger partial charge on any atom is 0.253 e. The molecule has 0 aliphatic rings. The third-order valence-corrected chi connectivity index (χ3v) is 4.10. The van der Waals surface area contributed by atoms with Crippen molar-refractivity contribution >= 4 is 27.5 Å². The highest BCUT2D eigenvalue weighted by Gasteiger charge is 2.11. The molecule has 0 fully saturated rings. The number of amides is 1. The summed E-state index contributed by atoms with van der Waals surface area (Å²) in [7, 11) is 3.45. The summed E-state index contributed by atoms with van der Waals surface area (Å²) in [6, 6.07) is 9.04. The second-order valence-corrected chi connectivity index (χ2v) is 6.32. The Morgan fingerprint density at radius 3 is 2.59 bits per heavy atom. The fourth-order valence-corrected chi connectivity index (χ4v) is 2.91. The molecule has 22 heavy (non-hydrogen) atoms. The van der Waals surface area contributed by atoms with Gasteiger partial charge in [0.1, 0.15) is 16.9 Å². The van der Waals surface area contributed by atoms with Crippen LogP contribution in [0.3, 0.4) is 0 Å². The van der Waals surface area contributed by atoms with Crippen LogP contribution in [0.25, 0.3) is 10.2 Å². The fraction of sp³-hybridized carbons (Fsp3) is 0.188. The van der Waals surface area contributed by atoms with Crippen molar-refractivity contribution in [2.45, 2.75) is 6.92 Å². The molecule has 0 saturated heterocycles. The molecule has 0 radical (unpaired) electrons. The Balaban J connectivity index is 1.87. The first-order chi connectivity index (χ1) is 10.5. The van der Waals surface area contributed by atoms with Gasteiger partial charge in [0.15, 0.2) is 0 Å². The molecular weight excluding hydrogens is 298 g/mol. The number of carbonyl (C=O) groups is 1. The van der Waals surface area contributed by atoms with Crippen LogP contribution in [0.2, 0.25) is 0 Å². The summed E-state index contributed by atoms with van der Waals surface area (Å²) in [5, 5.41) is 0.901. The minimum absolute atomic E-state index is 0.0376. The van der Waals surface area contributed by atoms with Gasteiger partial charge in [-0.2, -0.15) is 0 Å². The Kier molecular flexibility index (Phi) is 3.77. The van der Waals surface area contributed by atoms with E-state index in [4.69, 9.17) is 4.74 Å². The number of fused-ring (bicyclic) bond motifs is 1. The lowest BCUT2D eigenvalue weighted by Gasteiger charge is -2.10. The Bertz CT molecular complexity index is 825. The van der Waals surface area contributed by atoms with Crippen molar-refractivity contribution in [3.05, 3.63) is 47.1 Å². The van der Waals surface area contributed by atoms with Crippen LogP contribution in [0.4, 0.5) is 0 Å². The summed E-state index contributed by atoms with van der Waals surface area (Å²) in [5.74, 6) is 1.13. The fourth-order valence-electron chi connectivity index (χ4n) is 2.07. The van der Waals surface area contributed by atoms with E-state index in [1.807, 2.05) is 13.0 Å². The molecule has 0 spiro atoms. The van der Waals surface area contributed by atoms with Crippen molar-refractivity contribution in [3.8, 4) is 11.6 Å². The molecule has 0 saturated carbocycles. The lowest BCUT2D eigenvalue weighted by Crippen LogP contribution is -2.21. The number of rotatable bonds is 3. The molecule has 2 heterocycles. The Morgan fingerprint density at radius 2 is 1.91 bits per heavy atom. The third-order valence-electron chi connectivity index (χ3n) is 3.14. The third kappa shape index (κ3) is 2.78. The minimum atomic E-state index is -0.0376. The van der Waals surface area contributed by atoms with E-state index >= 15 is 0 Å². The number of hydrogen-bond donors (Lipinski definition) is 0. The topological polar surface area (TPSA) is 55.3 Å². The number of thiophene rings is 1. The van der Waals surface area contributed by atoms with E-state index in [2.05, 4.69) is 9.97 Å². The molecule has 0 bridgehead atoms. The van der Waals surface area contributed by atoms with Crippen LogP contribution >= 0.6 is 11.3 Å². The van der Waals surface area contributed by atoms with Crippen molar-refractivity contribution < 1.29 is 9.53 Å². The number of nitrogens with zero attached hydrogens (tertiary/aromatic N) is 3. The van der Waals surface area contributed by atoms with E-state index in [-0.39, 0.29) is 5.91 Å². The average Bonchev–Trinajstić information content (AvgIpc) is 2.88. The maximum absolute atomic E-state index is 11.9. The summed E-state index contributed by atoms with van der Waals surface area (Å²) in [6.45, 7) is 2.03. The number of carbonyl (C=O) groups excluding carboxylic acids is 1. The van der Waals surface area contributed by atoms with Crippen LogP contribution in [0.15, 0.2) is 36.7 Å². The Hall–Kier alpha value is -2.47. The second-order valence-electron chi connectivity index (χ2n) is 5.08. The van der Waals surface area contributed by atoms with Crippen LogP contribution in [0, 0.1) is 6.92 Å². The van der Waals surface area contributed by atoms with Gasteiger partial charge in [0.25, 0.3) is 5.91 Å². The smallest absolute Gasteiger partial charge is 0.253 e. The number of ether oxygens (including phenoxy) is 1. The van der Waals surface area contributed by atoms with Crippen molar-refractivity contribution in [3.63, 3.8) is 0 Å². The molecule has 1 aromatic carbocycles. The molecule has 112 valence electrons. The van der Waals surface area contributed by atoms with Gasteiger partial charge in [0.05, 0.1) is 5.39 Å². The van der Waals surface area contributed by atoms with E-state index in [1.165, 1.54) is 11.2 Å². The molecule has 3 rings (SSSR count). The average molecular weight is 313 g/mol. The maximum atomic E-state index is 11.9. The summed E-state index contributed by atoms with van der Waals surface area (Å²) in [6.07, 6.45) is 1.50. The Morgan fingerprint density at radius 1 is 1.18 bits per heavy atom. The second kappa shape index (κ2) is 5.73. The van der Waals surface area contributed by atoms with Crippen molar-refractivity contribution in [2.75, 3.05) is 14.1 Å². The standard InChI is InChI=1S/C16H15N3O2S/c1-10-8-13-14(17-9-18-15(13)22-10)21-12-6-4-11(5-7-12)16(20)19(2)3/h4-9H,1-3H3. The van der Waals surface area contributed by atoms with Gasteiger partial charge in [-0.1, -0.05) is 0 Å². The largest absolute Gasteiger partial charge is 0.438 e. The molecule has 0 N–H and O–H groups in total. The molecular formula is C16H15N3O2S. The van der Waals surface area contributed by atoms with Gasteiger partial charge in [-0.3, -0.25) is 4.79 Å². The van der Waals surface area contributed by atoms with Gasteiger partial charge in [-0.15, -0.1) is 11.3 Å².